The number of cyclic esters (lactones) is 1. The number of β-amino-alcohol motifs (C(OH)–C–C–N with tert-alkyl or cyclic N) is 1. The molecule has 0 saturated carbocycles. The summed E-state index contributed by atoms with van der Waals surface area (Å²) in [7, 11) is 0. The average molecular weight is 447 g/mol. The number of phenols is 1. The van der Waals surface area contributed by atoms with Gasteiger partial charge in [0.25, 0.3) is 5.91 Å². The first-order valence-corrected chi connectivity index (χ1v) is 10.5. The number of aliphatic hydroxyl groups excluding tert-OH is 1. The molecule has 2 aliphatic heterocycles. The summed E-state index contributed by atoms with van der Waals surface area (Å²) >= 11 is 0. The quantitative estimate of drug-likeness (QED) is 0.311. The lowest BCUT2D eigenvalue weighted by atomic mass is 10.00. The Morgan fingerprint density at radius 3 is 2.78 bits per heavy atom. The largest absolute Gasteiger partial charge is 0.508 e. The second-order valence-corrected chi connectivity index (χ2v) is 8.34. The van der Waals surface area contributed by atoms with Crippen molar-refractivity contribution in [1.82, 2.24) is 16.0 Å². The SMILES string of the molecule is CC(C)CC1OC(=O)CC1NC(=O)CNC(=O)c1cc(O)cc(NC2=NCC(O)CN2)c1. The summed E-state index contributed by atoms with van der Waals surface area (Å²) in [4.78, 5) is 40.5. The molecule has 2 heterocycles. The molecule has 174 valence electrons. The van der Waals surface area contributed by atoms with Gasteiger partial charge in [0.1, 0.15) is 11.9 Å². The minimum Gasteiger partial charge on any atom is -0.508 e. The predicted octanol–water partition coefficient (Wildman–Crippen LogP) is -0.300. The number of aliphatic imine (C=N–C) groups is 1. The van der Waals surface area contributed by atoms with Gasteiger partial charge in [-0.25, -0.2) is 0 Å². The lowest BCUT2D eigenvalue weighted by Crippen LogP contribution is -2.45. The van der Waals surface area contributed by atoms with Gasteiger partial charge in [0, 0.05) is 23.9 Å². The number of carbonyl (C=O) groups is 3. The molecule has 3 unspecified atom stereocenters. The maximum atomic E-state index is 12.5. The Morgan fingerprint density at radius 1 is 1.31 bits per heavy atom. The molecule has 3 atom stereocenters. The minimum atomic E-state index is -0.563. The molecule has 11 nitrogen and oxygen atoms in total. The highest BCUT2D eigenvalue weighted by molar-refractivity contribution is 6.00. The van der Waals surface area contributed by atoms with E-state index in [1.54, 1.807) is 0 Å². The van der Waals surface area contributed by atoms with Gasteiger partial charge < -0.3 is 36.2 Å². The normalized spacial score (nSPS) is 22.6. The van der Waals surface area contributed by atoms with Crippen molar-refractivity contribution >= 4 is 29.4 Å². The molecule has 0 radical (unpaired) electrons. The lowest BCUT2D eigenvalue weighted by Gasteiger charge is -2.20. The van der Waals surface area contributed by atoms with E-state index >= 15 is 0 Å². The number of rotatable bonds is 7. The topological polar surface area (TPSA) is 161 Å². The van der Waals surface area contributed by atoms with Crippen LogP contribution in [-0.4, -0.2) is 71.8 Å². The molecule has 32 heavy (non-hydrogen) atoms. The van der Waals surface area contributed by atoms with E-state index in [0.29, 0.717) is 30.5 Å². The minimum absolute atomic E-state index is 0.105. The highest BCUT2D eigenvalue weighted by Gasteiger charge is 2.36. The number of hydrogen-bond donors (Lipinski definition) is 6. The summed E-state index contributed by atoms with van der Waals surface area (Å²) in [6, 6.07) is 3.78. The van der Waals surface area contributed by atoms with Crippen LogP contribution in [0.15, 0.2) is 23.2 Å². The Morgan fingerprint density at radius 2 is 2.09 bits per heavy atom. The Balaban J connectivity index is 1.54. The fraction of sp³-hybridized carbons (Fsp3) is 0.524. The van der Waals surface area contributed by atoms with Gasteiger partial charge >= 0.3 is 5.97 Å². The second kappa shape index (κ2) is 10.3. The standard InChI is InChI=1S/C21H29N5O6/c1-11(2)3-17-16(7-19(30)32-17)26-18(29)10-22-20(31)12-4-13(6-14(27)5-12)25-21-23-8-15(28)9-24-21/h4-6,11,15-17,27-28H,3,7-10H2,1-2H3,(H,22,31)(H,26,29)(H2,23,24,25). The summed E-state index contributed by atoms with van der Waals surface area (Å²) in [5.74, 6) is -0.761. The summed E-state index contributed by atoms with van der Waals surface area (Å²) in [5.41, 5.74) is 0.564. The van der Waals surface area contributed by atoms with Crippen molar-refractivity contribution in [3.8, 4) is 5.75 Å². The highest BCUT2D eigenvalue weighted by Crippen LogP contribution is 2.22. The van der Waals surface area contributed by atoms with Crippen LogP contribution < -0.4 is 21.3 Å². The number of carbonyl (C=O) groups excluding carboxylic acids is 3. The van der Waals surface area contributed by atoms with E-state index < -0.39 is 24.0 Å². The van der Waals surface area contributed by atoms with E-state index in [9.17, 15) is 24.6 Å². The monoisotopic (exact) mass is 447 g/mol. The van der Waals surface area contributed by atoms with Crippen molar-refractivity contribution in [1.29, 1.82) is 0 Å². The molecular weight excluding hydrogens is 418 g/mol. The van der Waals surface area contributed by atoms with Crippen molar-refractivity contribution < 1.29 is 29.3 Å². The Bertz CT molecular complexity index is 903. The molecule has 0 spiro atoms. The van der Waals surface area contributed by atoms with Crippen molar-refractivity contribution in [3.05, 3.63) is 23.8 Å². The van der Waals surface area contributed by atoms with Gasteiger partial charge in [-0.3, -0.25) is 19.4 Å². The number of benzene rings is 1. The van der Waals surface area contributed by atoms with E-state index in [1.807, 2.05) is 13.8 Å². The zero-order valence-electron chi connectivity index (χ0n) is 18.1. The molecule has 2 amide bonds. The molecule has 2 aliphatic rings. The summed E-state index contributed by atoms with van der Waals surface area (Å²) < 4.78 is 5.27. The van der Waals surface area contributed by atoms with Gasteiger partial charge in [-0.05, 0) is 24.5 Å². The zero-order valence-corrected chi connectivity index (χ0v) is 18.1. The number of anilines is 1. The van der Waals surface area contributed by atoms with E-state index in [0.717, 1.165) is 0 Å². The molecule has 3 rings (SSSR count). The summed E-state index contributed by atoms with van der Waals surface area (Å²) in [5, 5.41) is 30.5. The fourth-order valence-corrected chi connectivity index (χ4v) is 3.52. The van der Waals surface area contributed by atoms with E-state index in [1.165, 1.54) is 18.2 Å². The number of esters is 1. The van der Waals surface area contributed by atoms with Crippen LogP contribution in [0, 0.1) is 5.92 Å². The molecule has 1 saturated heterocycles. The van der Waals surface area contributed by atoms with Gasteiger partial charge in [-0.1, -0.05) is 13.8 Å². The molecule has 1 aromatic carbocycles. The first kappa shape index (κ1) is 23.3. The number of hydrogen-bond acceptors (Lipinski definition) is 9. The first-order valence-electron chi connectivity index (χ1n) is 10.5. The van der Waals surface area contributed by atoms with Crippen LogP contribution in [0.4, 0.5) is 5.69 Å². The zero-order chi connectivity index (χ0) is 23.3. The number of guanidine groups is 1. The van der Waals surface area contributed by atoms with Gasteiger partial charge in [0.05, 0.1) is 31.7 Å². The smallest absolute Gasteiger partial charge is 0.308 e. The number of nitrogens with one attached hydrogen (secondary N) is 4. The van der Waals surface area contributed by atoms with Crippen LogP contribution in [0.1, 0.15) is 37.0 Å². The van der Waals surface area contributed by atoms with E-state index in [2.05, 4.69) is 26.3 Å². The van der Waals surface area contributed by atoms with Crippen LogP contribution >= 0.6 is 0 Å². The van der Waals surface area contributed by atoms with Crippen LogP contribution in [-0.2, 0) is 14.3 Å². The van der Waals surface area contributed by atoms with Gasteiger partial charge in [0.15, 0.2) is 5.96 Å². The highest BCUT2D eigenvalue weighted by atomic mass is 16.6. The number of phenolic OH excluding ortho intramolecular Hbond substituents is 1. The van der Waals surface area contributed by atoms with Crippen LogP contribution in [0.2, 0.25) is 0 Å². The van der Waals surface area contributed by atoms with Crippen LogP contribution in [0.3, 0.4) is 0 Å². The fourth-order valence-electron chi connectivity index (χ4n) is 3.52. The number of nitrogens with zero attached hydrogens (tertiary/aromatic N) is 1. The molecular formula is C21H29N5O6. The predicted molar refractivity (Wildman–Crippen MR) is 116 cm³/mol. The third-order valence-electron chi connectivity index (χ3n) is 4.99. The molecule has 11 heteroatoms. The van der Waals surface area contributed by atoms with Crippen molar-refractivity contribution in [3.63, 3.8) is 0 Å². The number of ether oxygens (including phenoxy) is 1. The Hall–Kier alpha value is -3.34. The number of aliphatic hydroxyl groups is 1. The maximum Gasteiger partial charge on any atom is 0.308 e. The van der Waals surface area contributed by atoms with Crippen LogP contribution in [0.5, 0.6) is 5.75 Å². The van der Waals surface area contributed by atoms with Crippen molar-refractivity contribution in [2.24, 2.45) is 10.9 Å². The molecule has 0 bridgehead atoms. The Kier molecular flexibility index (Phi) is 7.52. The maximum absolute atomic E-state index is 12.5. The van der Waals surface area contributed by atoms with E-state index in [-0.39, 0.29) is 42.9 Å². The molecule has 0 aliphatic carbocycles. The van der Waals surface area contributed by atoms with Crippen molar-refractivity contribution in [2.45, 2.75) is 44.9 Å². The van der Waals surface area contributed by atoms with Crippen molar-refractivity contribution in [2.75, 3.05) is 25.0 Å². The van der Waals surface area contributed by atoms with Gasteiger partial charge in [-0.15, -0.1) is 0 Å². The van der Waals surface area contributed by atoms with E-state index in [4.69, 9.17) is 4.74 Å². The van der Waals surface area contributed by atoms with Gasteiger partial charge in [-0.2, -0.15) is 0 Å². The molecule has 0 aromatic heterocycles. The average Bonchev–Trinajstić information content (AvgIpc) is 3.05. The second-order valence-electron chi connectivity index (χ2n) is 8.34. The van der Waals surface area contributed by atoms with Gasteiger partial charge in [0.2, 0.25) is 5.91 Å². The Labute approximate surface area is 185 Å². The summed E-state index contributed by atoms with van der Waals surface area (Å²) in [6.07, 6.45) is -0.194. The molecule has 1 fully saturated rings. The lowest BCUT2D eigenvalue weighted by molar-refractivity contribution is -0.142. The number of aromatic hydroxyl groups is 1. The molecule has 1 aromatic rings. The first-order chi connectivity index (χ1) is 15.2. The third kappa shape index (κ3) is 6.58. The third-order valence-corrected chi connectivity index (χ3v) is 4.99. The summed E-state index contributed by atoms with van der Waals surface area (Å²) in [6.45, 7) is 4.30. The molecule has 6 N–H and O–H groups in total. The van der Waals surface area contributed by atoms with Crippen LogP contribution in [0.25, 0.3) is 0 Å². The number of amides is 2.